The first-order chi connectivity index (χ1) is 13.2. The van der Waals surface area contributed by atoms with Gasteiger partial charge in [0.2, 0.25) is 0 Å². The number of ether oxygens (including phenoxy) is 1. The first kappa shape index (κ1) is 18.7. The molecule has 0 saturated carbocycles. The Morgan fingerprint density at radius 3 is 2.61 bits per heavy atom. The molecule has 8 nitrogen and oxygen atoms in total. The number of anilines is 1. The Kier molecular flexibility index (Phi) is 4.31. The zero-order valence-corrected chi connectivity index (χ0v) is 14.7. The van der Waals surface area contributed by atoms with Gasteiger partial charge < -0.3 is 30.4 Å². The molecule has 1 aliphatic rings. The smallest absolute Gasteiger partial charge is 0.164 e. The molecule has 1 fully saturated rings. The van der Waals surface area contributed by atoms with Gasteiger partial charge in [0.15, 0.2) is 17.9 Å². The number of hydrogen-bond donors (Lipinski definition) is 4. The number of aromatic nitrogens is 3. The minimum Gasteiger partial charge on any atom is -0.387 e. The molecule has 0 radical (unpaired) electrons. The van der Waals surface area contributed by atoms with E-state index in [1.807, 2.05) is 0 Å². The van der Waals surface area contributed by atoms with Crippen LogP contribution in [0, 0.1) is 11.6 Å². The lowest BCUT2D eigenvalue weighted by Crippen LogP contribution is -2.45. The Labute approximate surface area is 157 Å². The van der Waals surface area contributed by atoms with Crippen LogP contribution in [-0.2, 0) is 10.3 Å². The summed E-state index contributed by atoms with van der Waals surface area (Å²) in [6.07, 6.45) is -2.54. The van der Waals surface area contributed by atoms with Crippen LogP contribution in [0.3, 0.4) is 0 Å². The van der Waals surface area contributed by atoms with Crippen molar-refractivity contribution in [2.24, 2.45) is 0 Å². The highest BCUT2D eigenvalue weighted by atomic mass is 19.2. The largest absolute Gasteiger partial charge is 0.387 e. The average molecular weight is 392 g/mol. The van der Waals surface area contributed by atoms with Crippen molar-refractivity contribution < 1.29 is 28.8 Å². The van der Waals surface area contributed by atoms with Gasteiger partial charge in [-0.1, -0.05) is 6.07 Å². The number of hydrogen-bond acceptors (Lipinski definition) is 7. The molecule has 5 atom stereocenters. The Morgan fingerprint density at radius 2 is 1.89 bits per heavy atom. The summed E-state index contributed by atoms with van der Waals surface area (Å²) in [6, 6.07) is 4.51. The van der Waals surface area contributed by atoms with Crippen molar-refractivity contribution in [2.75, 3.05) is 5.73 Å². The van der Waals surface area contributed by atoms with Gasteiger partial charge in [0, 0.05) is 6.20 Å². The van der Waals surface area contributed by atoms with Crippen molar-refractivity contribution in [1.29, 1.82) is 0 Å². The topological polar surface area (TPSA) is 127 Å². The molecule has 28 heavy (non-hydrogen) atoms. The van der Waals surface area contributed by atoms with Crippen LogP contribution in [0.1, 0.15) is 18.7 Å². The summed E-state index contributed by atoms with van der Waals surface area (Å²) in [7, 11) is 0. The lowest BCUT2D eigenvalue weighted by atomic mass is 9.86. The highest BCUT2D eigenvalue weighted by molar-refractivity contribution is 5.86. The molecule has 0 amide bonds. The SMILES string of the molecule is CC(O)(c1ccc(F)c(F)c1)C1OC(n2ccc3c(N)ncnc32)C(O)C1O. The number of fused-ring (bicyclic) bond motifs is 1. The maximum absolute atomic E-state index is 13.6. The van der Waals surface area contributed by atoms with Crippen LogP contribution in [0.2, 0.25) is 0 Å². The van der Waals surface area contributed by atoms with Gasteiger partial charge in [0.05, 0.1) is 5.39 Å². The minimum absolute atomic E-state index is 0.00719. The van der Waals surface area contributed by atoms with Gasteiger partial charge >= 0.3 is 0 Å². The molecule has 0 bridgehead atoms. The molecule has 0 aliphatic carbocycles. The lowest BCUT2D eigenvalue weighted by molar-refractivity contribution is -0.136. The Morgan fingerprint density at radius 1 is 1.14 bits per heavy atom. The molecule has 5 N–H and O–H groups in total. The first-order valence-corrected chi connectivity index (χ1v) is 8.48. The van der Waals surface area contributed by atoms with Crippen LogP contribution < -0.4 is 5.73 Å². The first-order valence-electron chi connectivity index (χ1n) is 8.48. The van der Waals surface area contributed by atoms with Crippen molar-refractivity contribution in [3.05, 3.63) is 54.0 Å². The van der Waals surface area contributed by atoms with Gasteiger partial charge in [0.25, 0.3) is 0 Å². The van der Waals surface area contributed by atoms with E-state index in [9.17, 15) is 24.1 Å². The number of nitrogens with two attached hydrogens (primary N) is 1. The summed E-state index contributed by atoms with van der Waals surface area (Å²) >= 11 is 0. The number of nitrogens with zero attached hydrogens (tertiary/aromatic N) is 3. The quantitative estimate of drug-likeness (QED) is 0.520. The number of nitrogen functional groups attached to an aromatic ring is 1. The van der Waals surface area contributed by atoms with Gasteiger partial charge in [0.1, 0.15) is 41.7 Å². The number of benzene rings is 1. The van der Waals surface area contributed by atoms with E-state index >= 15 is 0 Å². The Balaban J connectivity index is 1.71. The van der Waals surface area contributed by atoms with Gasteiger partial charge in [-0.2, -0.15) is 0 Å². The monoisotopic (exact) mass is 392 g/mol. The van der Waals surface area contributed by atoms with Crippen LogP contribution in [0.15, 0.2) is 36.8 Å². The van der Waals surface area contributed by atoms with Crippen molar-refractivity contribution in [1.82, 2.24) is 14.5 Å². The molecule has 1 aliphatic heterocycles. The molecule has 10 heteroatoms. The van der Waals surface area contributed by atoms with E-state index in [1.165, 1.54) is 23.9 Å². The normalized spacial score (nSPS) is 27.2. The molecule has 3 aromatic rings. The number of aliphatic hydroxyl groups is 3. The minimum atomic E-state index is -1.92. The second kappa shape index (κ2) is 6.45. The average Bonchev–Trinajstić information content (AvgIpc) is 3.20. The van der Waals surface area contributed by atoms with E-state index in [2.05, 4.69) is 9.97 Å². The van der Waals surface area contributed by atoms with E-state index in [0.717, 1.165) is 12.1 Å². The predicted octanol–water partition coefficient (Wildman–Crippen LogP) is 0.819. The van der Waals surface area contributed by atoms with E-state index in [0.29, 0.717) is 11.0 Å². The van der Waals surface area contributed by atoms with Crippen LogP contribution in [0.4, 0.5) is 14.6 Å². The van der Waals surface area contributed by atoms with Crippen molar-refractivity contribution in [3.63, 3.8) is 0 Å². The van der Waals surface area contributed by atoms with Gasteiger partial charge in [-0.15, -0.1) is 0 Å². The standard InChI is InChI=1S/C18H18F2N4O4/c1-18(27,8-2-3-10(19)11(20)6-8)14-12(25)13(26)17(28-14)24-5-4-9-15(21)22-7-23-16(9)24/h2-7,12-14,17,25-27H,1H3,(H2,21,22,23). The number of aliphatic hydroxyl groups excluding tert-OH is 2. The van der Waals surface area contributed by atoms with Crippen LogP contribution in [0.25, 0.3) is 11.0 Å². The Hall–Kier alpha value is -2.66. The fourth-order valence-electron chi connectivity index (χ4n) is 3.53. The molecule has 5 unspecified atom stereocenters. The van der Waals surface area contributed by atoms with Crippen molar-refractivity contribution in [2.45, 2.75) is 37.1 Å². The molecule has 1 aromatic carbocycles. The lowest BCUT2D eigenvalue weighted by Gasteiger charge is -2.32. The van der Waals surface area contributed by atoms with Crippen molar-refractivity contribution in [3.8, 4) is 0 Å². The van der Waals surface area contributed by atoms with Gasteiger partial charge in [-0.25, -0.2) is 18.7 Å². The fourth-order valence-corrected chi connectivity index (χ4v) is 3.53. The molecule has 148 valence electrons. The third kappa shape index (κ3) is 2.73. The highest BCUT2D eigenvalue weighted by Crippen LogP contribution is 2.40. The van der Waals surface area contributed by atoms with Gasteiger partial charge in [-0.05, 0) is 30.7 Å². The second-order valence-corrected chi connectivity index (χ2v) is 6.92. The van der Waals surface area contributed by atoms with Crippen LogP contribution >= 0.6 is 0 Å². The van der Waals surface area contributed by atoms with Gasteiger partial charge in [-0.3, -0.25) is 0 Å². The maximum atomic E-state index is 13.6. The molecular formula is C18H18F2N4O4. The number of halogens is 2. The van der Waals surface area contributed by atoms with E-state index in [1.54, 1.807) is 12.3 Å². The van der Waals surface area contributed by atoms with E-state index in [-0.39, 0.29) is 11.4 Å². The third-order valence-electron chi connectivity index (χ3n) is 5.11. The van der Waals surface area contributed by atoms with E-state index < -0.39 is 41.8 Å². The Bertz CT molecular complexity index is 1040. The summed E-state index contributed by atoms with van der Waals surface area (Å²) in [4.78, 5) is 8.00. The molecule has 2 aromatic heterocycles. The molecule has 4 rings (SSSR count). The fraction of sp³-hybridized carbons (Fsp3) is 0.333. The zero-order valence-electron chi connectivity index (χ0n) is 14.7. The summed E-state index contributed by atoms with van der Waals surface area (Å²) in [6.45, 7) is 1.29. The highest BCUT2D eigenvalue weighted by Gasteiger charge is 2.52. The molecular weight excluding hydrogens is 374 g/mol. The van der Waals surface area contributed by atoms with Crippen LogP contribution in [0.5, 0.6) is 0 Å². The van der Waals surface area contributed by atoms with Crippen molar-refractivity contribution >= 4 is 16.9 Å². The predicted molar refractivity (Wildman–Crippen MR) is 93.8 cm³/mol. The zero-order chi connectivity index (χ0) is 20.2. The second-order valence-electron chi connectivity index (χ2n) is 6.92. The molecule has 3 heterocycles. The molecule has 0 spiro atoms. The molecule has 1 saturated heterocycles. The summed E-state index contributed by atoms with van der Waals surface area (Å²) in [5, 5.41) is 32.5. The summed E-state index contributed by atoms with van der Waals surface area (Å²) < 4.78 is 34.1. The van der Waals surface area contributed by atoms with Crippen LogP contribution in [-0.4, -0.2) is 48.2 Å². The number of rotatable bonds is 3. The maximum Gasteiger partial charge on any atom is 0.164 e. The third-order valence-corrected chi connectivity index (χ3v) is 5.11. The summed E-state index contributed by atoms with van der Waals surface area (Å²) in [5.74, 6) is -1.98. The summed E-state index contributed by atoms with van der Waals surface area (Å²) in [5.41, 5.74) is 4.25. The van der Waals surface area contributed by atoms with E-state index in [4.69, 9.17) is 10.5 Å².